The summed E-state index contributed by atoms with van der Waals surface area (Å²) in [6.07, 6.45) is 0. The van der Waals surface area contributed by atoms with Crippen LogP contribution in [0.4, 0.5) is 0 Å². The van der Waals surface area contributed by atoms with Crippen molar-refractivity contribution in [3.8, 4) is 22.1 Å². The fourth-order valence-corrected chi connectivity index (χ4v) is 2.88. The summed E-state index contributed by atoms with van der Waals surface area (Å²) < 4.78 is 10.7. The summed E-state index contributed by atoms with van der Waals surface area (Å²) in [6.45, 7) is 1.84. The van der Waals surface area contributed by atoms with E-state index in [0.717, 1.165) is 34.3 Å². The van der Waals surface area contributed by atoms with Crippen molar-refractivity contribution in [2.24, 2.45) is 0 Å². The largest absolute Gasteiger partial charge is 0.454 e. The van der Waals surface area contributed by atoms with E-state index in [0.29, 0.717) is 6.54 Å². The first kappa shape index (κ1) is 13.4. The number of rotatable bonds is 5. The van der Waals surface area contributed by atoms with Crippen molar-refractivity contribution in [2.75, 3.05) is 27.0 Å². The minimum absolute atomic E-state index is 0.162. The van der Waals surface area contributed by atoms with Crippen molar-refractivity contribution < 1.29 is 14.6 Å². The van der Waals surface area contributed by atoms with Crippen LogP contribution in [-0.2, 0) is 6.54 Å². The maximum absolute atomic E-state index is 8.90. The molecule has 0 saturated carbocycles. The molecule has 1 aromatic carbocycles. The van der Waals surface area contributed by atoms with E-state index in [1.54, 1.807) is 11.3 Å². The minimum atomic E-state index is 0.162. The molecule has 0 fully saturated rings. The first-order valence-corrected chi connectivity index (χ1v) is 7.28. The van der Waals surface area contributed by atoms with Crippen molar-refractivity contribution in [3.05, 3.63) is 29.3 Å². The quantitative estimate of drug-likeness (QED) is 0.913. The number of aliphatic hydroxyl groups excluding tert-OH is 1. The smallest absolute Gasteiger partial charge is 0.231 e. The highest BCUT2D eigenvalue weighted by molar-refractivity contribution is 7.13. The number of hydrogen-bond acceptors (Lipinski definition) is 6. The van der Waals surface area contributed by atoms with Crippen LogP contribution in [0, 0.1) is 0 Å². The van der Waals surface area contributed by atoms with E-state index in [1.165, 1.54) is 0 Å². The monoisotopic (exact) mass is 292 g/mol. The summed E-state index contributed by atoms with van der Waals surface area (Å²) in [5, 5.41) is 11.9. The number of nitrogens with zero attached hydrogens (tertiary/aromatic N) is 2. The summed E-state index contributed by atoms with van der Waals surface area (Å²) in [4.78, 5) is 6.67. The van der Waals surface area contributed by atoms with Gasteiger partial charge in [0.05, 0.1) is 12.3 Å². The fraction of sp³-hybridized carbons (Fsp3) is 0.357. The minimum Gasteiger partial charge on any atom is -0.454 e. The van der Waals surface area contributed by atoms with Gasteiger partial charge in [-0.25, -0.2) is 4.98 Å². The predicted molar refractivity (Wildman–Crippen MR) is 77.1 cm³/mol. The number of benzene rings is 1. The van der Waals surface area contributed by atoms with E-state index in [2.05, 4.69) is 4.98 Å². The van der Waals surface area contributed by atoms with Gasteiger partial charge in [-0.2, -0.15) is 0 Å². The number of likely N-dealkylation sites (N-methyl/N-ethyl adjacent to an activating group) is 1. The second kappa shape index (κ2) is 5.78. The Bertz CT molecular complexity index is 600. The van der Waals surface area contributed by atoms with Crippen LogP contribution in [0.15, 0.2) is 23.6 Å². The highest BCUT2D eigenvalue weighted by atomic mass is 32.1. The molecule has 0 radical (unpaired) electrons. The molecule has 0 unspecified atom stereocenters. The number of aromatic nitrogens is 1. The highest BCUT2D eigenvalue weighted by Crippen LogP contribution is 2.36. The van der Waals surface area contributed by atoms with E-state index >= 15 is 0 Å². The topological polar surface area (TPSA) is 54.8 Å². The normalized spacial score (nSPS) is 13.2. The lowest BCUT2D eigenvalue weighted by molar-refractivity contribution is 0.174. The van der Waals surface area contributed by atoms with Crippen LogP contribution in [0.3, 0.4) is 0 Å². The Morgan fingerprint density at radius 1 is 1.35 bits per heavy atom. The van der Waals surface area contributed by atoms with Crippen molar-refractivity contribution in [1.29, 1.82) is 0 Å². The third-order valence-electron chi connectivity index (χ3n) is 3.08. The lowest BCUT2D eigenvalue weighted by atomic mass is 10.2. The summed E-state index contributed by atoms with van der Waals surface area (Å²) in [7, 11) is 1.97. The highest BCUT2D eigenvalue weighted by Gasteiger charge is 2.15. The van der Waals surface area contributed by atoms with Crippen molar-refractivity contribution in [2.45, 2.75) is 6.54 Å². The SMILES string of the molecule is CN(CCO)Cc1csc(-c2ccc3c(c2)OCO3)n1. The van der Waals surface area contributed by atoms with Gasteiger partial charge in [-0.05, 0) is 25.2 Å². The molecule has 3 rings (SSSR count). The Labute approximate surface area is 121 Å². The molecule has 20 heavy (non-hydrogen) atoms. The Hall–Kier alpha value is -1.63. The van der Waals surface area contributed by atoms with Crippen molar-refractivity contribution in [3.63, 3.8) is 0 Å². The zero-order valence-electron chi connectivity index (χ0n) is 11.2. The van der Waals surface area contributed by atoms with Crippen LogP contribution < -0.4 is 9.47 Å². The summed E-state index contributed by atoms with van der Waals surface area (Å²) in [6, 6.07) is 5.87. The number of fused-ring (bicyclic) bond motifs is 1. The molecular formula is C14H16N2O3S. The molecule has 0 saturated heterocycles. The summed E-state index contributed by atoms with van der Waals surface area (Å²) in [5.74, 6) is 1.56. The third kappa shape index (κ3) is 2.77. The molecule has 0 aliphatic carbocycles. The zero-order valence-corrected chi connectivity index (χ0v) is 12.0. The van der Waals surface area contributed by atoms with Crippen LogP contribution in [0.5, 0.6) is 11.5 Å². The van der Waals surface area contributed by atoms with Gasteiger partial charge in [0.2, 0.25) is 6.79 Å². The molecular weight excluding hydrogens is 276 g/mol. The molecule has 1 N–H and O–H groups in total. The fourth-order valence-electron chi connectivity index (χ4n) is 2.07. The number of hydrogen-bond donors (Lipinski definition) is 1. The molecule has 2 aromatic rings. The number of thiazole rings is 1. The van der Waals surface area contributed by atoms with E-state index in [4.69, 9.17) is 14.6 Å². The number of ether oxygens (including phenoxy) is 2. The van der Waals surface area contributed by atoms with Gasteiger partial charge in [-0.1, -0.05) is 0 Å². The molecule has 1 aromatic heterocycles. The molecule has 1 aliphatic rings. The summed E-state index contributed by atoms with van der Waals surface area (Å²) in [5.41, 5.74) is 2.05. The average molecular weight is 292 g/mol. The van der Waals surface area contributed by atoms with Crippen LogP contribution >= 0.6 is 11.3 Å². The van der Waals surface area contributed by atoms with Gasteiger partial charge in [0.25, 0.3) is 0 Å². The maximum atomic E-state index is 8.90. The van der Waals surface area contributed by atoms with Gasteiger partial charge < -0.3 is 14.6 Å². The zero-order chi connectivity index (χ0) is 13.9. The van der Waals surface area contributed by atoms with Gasteiger partial charge in [-0.3, -0.25) is 4.90 Å². The predicted octanol–water partition coefficient (Wildman–Crippen LogP) is 1.96. The second-order valence-electron chi connectivity index (χ2n) is 4.67. The second-order valence-corrected chi connectivity index (χ2v) is 5.53. The maximum Gasteiger partial charge on any atom is 0.231 e. The van der Waals surface area contributed by atoms with Crippen molar-refractivity contribution >= 4 is 11.3 Å². The van der Waals surface area contributed by atoms with Crippen LogP contribution in [0.25, 0.3) is 10.6 Å². The average Bonchev–Trinajstić information content (AvgIpc) is 3.06. The van der Waals surface area contributed by atoms with Crippen LogP contribution in [0.1, 0.15) is 5.69 Å². The van der Waals surface area contributed by atoms with Crippen LogP contribution in [-0.4, -0.2) is 42.0 Å². The molecule has 2 heterocycles. The lowest BCUT2D eigenvalue weighted by Gasteiger charge is -2.12. The van der Waals surface area contributed by atoms with E-state index in [-0.39, 0.29) is 13.4 Å². The molecule has 0 bridgehead atoms. The molecule has 5 nitrogen and oxygen atoms in total. The summed E-state index contributed by atoms with van der Waals surface area (Å²) >= 11 is 1.61. The molecule has 0 spiro atoms. The van der Waals surface area contributed by atoms with Gasteiger partial charge in [0, 0.05) is 24.0 Å². The van der Waals surface area contributed by atoms with Gasteiger partial charge in [-0.15, -0.1) is 11.3 Å². The van der Waals surface area contributed by atoms with E-state index < -0.39 is 0 Å². The standard InChI is InChI=1S/C14H16N2O3S/c1-16(4-5-17)7-11-8-20-14(15-11)10-2-3-12-13(6-10)19-9-18-12/h2-3,6,8,17H,4-5,7,9H2,1H3. The van der Waals surface area contributed by atoms with Crippen molar-refractivity contribution in [1.82, 2.24) is 9.88 Å². The van der Waals surface area contributed by atoms with Gasteiger partial charge in [0.15, 0.2) is 11.5 Å². The number of aliphatic hydroxyl groups is 1. The molecule has 6 heteroatoms. The molecule has 0 atom stereocenters. The third-order valence-corrected chi connectivity index (χ3v) is 4.03. The molecule has 106 valence electrons. The van der Waals surface area contributed by atoms with Crippen LogP contribution in [0.2, 0.25) is 0 Å². The first-order chi connectivity index (χ1) is 9.76. The van der Waals surface area contributed by atoms with E-state index in [1.807, 2.05) is 35.5 Å². The molecule has 0 amide bonds. The van der Waals surface area contributed by atoms with Gasteiger partial charge in [0.1, 0.15) is 5.01 Å². The first-order valence-electron chi connectivity index (χ1n) is 6.40. The Morgan fingerprint density at radius 2 is 2.20 bits per heavy atom. The van der Waals surface area contributed by atoms with E-state index in [9.17, 15) is 0 Å². The Balaban J connectivity index is 1.76. The lowest BCUT2D eigenvalue weighted by Crippen LogP contribution is -2.21. The Kier molecular flexibility index (Phi) is 3.86. The Morgan fingerprint density at radius 3 is 3.05 bits per heavy atom. The molecule has 1 aliphatic heterocycles. The van der Waals surface area contributed by atoms with Gasteiger partial charge >= 0.3 is 0 Å².